The van der Waals surface area contributed by atoms with E-state index in [0.29, 0.717) is 0 Å². The van der Waals surface area contributed by atoms with Gasteiger partial charge in [0.1, 0.15) is 0 Å². The Labute approximate surface area is 410 Å². The lowest BCUT2D eigenvalue weighted by atomic mass is 9.79. The zero-order valence-corrected chi connectivity index (χ0v) is 39.9. The zero-order valence-electron chi connectivity index (χ0n) is 39.9. The maximum absolute atomic E-state index is 2.50. The molecule has 12 aromatic carbocycles. The van der Waals surface area contributed by atoms with E-state index in [1.807, 2.05) is 0 Å². The molecule has 0 aliphatic heterocycles. The summed E-state index contributed by atoms with van der Waals surface area (Å²) >= 11 is 0. The van der Waals surface area contributed by atoms with Gasteiger partial charge < -0.3 is 0 Å². The van der Waals surface area contributed by atoms with Crippen LogP contribution in [0.3, 0.4) is 0 Å². The number of hydrogen-bond acceptors (Lipinski definition) is 0. The van der Waals surface area contributed by atoms with Crippen molar-refractivity contribution in [2.24, 2.45) is 0 Å². The van der Waals surface area contributed by atoms with Crippen LogP contribution in [0, 0.1) is 0 Å². The molecule has 2 aliphatic rings. The van der Waals surface area contributed by atoms with Gasteiger partial charge in [0, 0.05) is 10.8 Å². The molecule has 14 rings (SSSR count). The summed E-state index contributed by atoms with van der Waals surface area (Å²) in [7, 11) is 0. The third kappa shape index (κ3) is 5.83. The summed E-state index contributed by atoms with van der Waals surface area (Å²) in [5.41, 5.74) is 23.2. The van der Waals surface area contributed by atoms with Gasteiger partial charge in [0.05, 0.1) is 0 Å². The fraction of sp³-hybridized carbons (Fsp3) is 0.0857. The van der Waals surface area contributed by atoms with Crippen molar-refractivity contribution in [3.05, 3.63) is 253 Å². The fourth-order valence-electron chi connectivity index (χ4n) is 12.9. The molecule has 0 saturated heterocycles. The summed E-state index contributed by atoms with van der Waals surface area (Å²) in [5, 5.41) is 10.1. The first-order chi connectivity index (χ1) is 34.3. The first kappa shape index (κ1) is 40.7. The van der Waals surface area contributed by atoms with Crippen LogP contribution >= 0.6 is 0 Å². The lowest BCUT2D eigenvalue weighted by Gasteiger charge is -2.24. The van der Waals surface area contributed by atoms with E-state index in [9.17, 15) is 0 Å². The molecule has 0 aromatic heterocycles. The number of benzene rings is 12. The third-order valence-corrected chi connectivity index (χ3v) is 16.3. The summed E-state index contributed by atoms with van der Waals surface area (Å²) in [4.78, 5) is 0. The predicted molar refractivity (Wildman–Crippen MR) is 299 cm³/mol. The molecule has 2 aliphatic carbocycles. The lowest BCUT2D eigenvalue weighted by Crippen LogP contribution is -2.15. The molecule has 0 heteroatoms. The van der Waals surface area contributed by atoms with Crippen LogP contribution in [0.2, 0.25) is 0 Å². The van der Waals surface area contributed by atoms with Crippen LogP contribution < -0.4 is 0 Å². The first-order valence-corrected chi connectivity index (χ1v) is 24.8. The third-order valence-electron chi connectivity index (χ3n) is 16.3. The standard InChI is InChI=1S/C70H50/c1-69(2)61-28-16-14-20-49(61)51-37-35-47(41-63(51)69)67-57-26-12-13-27-58(57)68(48-36-38-52-50-21-15-17-29-62(50)70(3,4)64(52)42-48)60-40-46(34-39-59(60)67)43-30-32-45(33-31-43)66-55-24-10-8-22-53(55)65(44-18-6-5-7-19-44)54-23-9-11-25-56(54)66/h5-42H,1-4H3. The predicted octanol–water partition coefficient (Wildman–Crippen LogP) is 19.2. The monoisotopic (exact) mass is 890 g/mol. The van der Waals surface area contributed by atoms with Crippen LogP contribution in [-0.4, -0.2) is 0 Å². The molecular formula is C70H50. The number of fused-ring (bicyclic) bond motifs is 10. The molecule has 0 spiro atoms. The van der Waals surface area contributed by atoms with Crippen molar-refractivity contribution in [3.8, 4) is 77.9 Å². The summed E-state index contributed by atoms with van der Waals surface area (Å²) in [6.45, 7) is 9.55. The van der Waals surface area contributed by atoms with E-state index < -0.39 is 0 Å². The van der Waals surface area contributed by atoms with Gasteiger partial charge in [0.2, 0.25) is 0 Å². The van der Waals surface area contributed by atoms with E-state index in [-0.39, 0.29) is 10.8 Å². The molecule has 0 nitrogen and oxygen atoms in total. The summed E-state index contributed by atoms with van der Waals surface area (Å²) in [6, 6.07) is 86.9. The zero-order chi connectivity index (χ0) is 46.9. The second kappa shape index (κ2) is 15.1. The summed E-state index contributed by atoms with van der Waals surface area (Å²) in [6.07, 6.45) is 0. The van der Waals surface area contributed by atoms with Gasteiger partial charge in [-0.25, -0.2) is 0 Å². The van der Waals surface area contributed by atoms with E-state index in [1.54, 1.807) is 0 Å². The maximum atomic E-state index is 2.50. The van der Waals surface area contributed by atoms with Crippen LogP contribution in [0.1, 0.15) is 49.9 Å². The summed E-state index contributed by atoms with van der Waals surface area (Å²) in [5.74, 6) is 0. The van der Waals surface area contributed by atoms with Crippen LogP contribution in [0.15, 0.2) is 231 Å². The summed E-state index contributed by atoms with van der Waals surface area (Å²) < 4.78 is 0. The van der Waals surface area contributed by atoms with E-state index in [1.165, 1.54) is 143 Å². The van der Waals surface area contributed by atoms with Gasteiger partial charge in [-0.15, -0.1) is 0 Å². The van der Waals surface area contributed by atoms with E-state index in [2.05, 4.69) is 258 Å². The molecule has 0 radical (unpaired) electrons. The number of hydrogen-bond donors (Lipinski definition) is 0. The van der Waals surface area contributed by atoms with Gasteiger partial charge in [-0.05, 0) is 161 Å². The van der Waals surface area contributed by atoms with E-state index >= 15 is 0 Å². The van der Waals surface area contributed by atoms with Gasteiger partial charge in [-0.3, -0.25) is 0 Å². The van der Waals surface area contributed by atoms with Crippen molar-refractivity contribution in [2.45, 2.75) is 38.5 Å². The molecule has 0 saturated carbocycles. The largest absolute Gasteiger partial charge is 0.0622 e. The first-order valence-electron chi connectivity index (χ1n) is 24.8. The Kier molecular flexibility index (Phi) is 8.78. The maximum Gasteiger partial charge on any atom is 0.0159 e. The van der Waals surface area contributed by atoms with Gasteiger partial charge in [-0.2, -0.15) is 0 Å². The molecule has 0 bridgehead atoms. The average molecular weight is 891 g/mol. The van der Waals surface area contributed by atoms with Gasteiger partial charge >= 0.3 is 0 Å². The van der Waals surface area contributed by atoms with Crippen LogP contribution in [0.5, 0.6) is 0 Å². The molecule has 0 N–H and O–H groups in total. The van der Waals surface area contributed by atoms with Gasteiger partial charge in [0.15, 0.2) is 0 Å². The van der Waals surface area contributed by atoms with Gasteiger partial charge in [-0.1, -0.05) is 240 Å². The Balaban J connectivity index is 0.980. The molecule has 0 fully saturated rings. The Hall–Kier alpha value is -8.32. The minimum atomic E-state index is -0.117. The molecule has 12 aromatic rings. The Morgan fingerprint density at radius 1 is 0.200 bits per heavy atom. The molecule has 0 unspecified atom stereocenters. The topological polar surface area (TPSA) is 0 Å². The molecule has 330 valence electrons. The highest BCUT2D eigenvalue weighted by molar-refractivity contribution is 6.23. The van der Waals surface area contributed by atoms with Crippen molar-refractivity contribution in [1.82, 2.24) is 0 Å². The minimum absolute atomic E-state index is 0.107. The van der Waals surface area contributed by atoms with Crippen LogP contribution in [-0.2, 0) is 10.8 Å². The molecule has 70 heavy (non-hydrogen) atoms. The average Bonchev–Trinajstić information content (AvgIpc) is 3.78. The quantitative estimate of drug-likeness (QED) is 0.151. The van der Waals surface area contributed by atoms with Crippen molar-refractivity contribution >= 4 is 43.1 Å². The fourth-order valence-corrected chi connectivity index (χ4v) is 12.9. The van der Waals surface area contributed by atoms with Crippen LogP contribution in [0.25, 0.3) is 121 Å². The van der Waals surface area contributed by atoms with Crippen LogP contribution in [0.4, 0.5) is 0 Å². The highest BCUT2D eigenvalue weighted by Crippen LogP contribution is 2.54. The van der Waals surface area contributed by atoms with E-state index in [0.717, 1.165) is 0 Å². The smallest absolute Gasteiger partial charge is 0.0159 e. The number of rotatable bonds is 5. The van der Waals surface area contributed by atoms with Crippen molar-refractivity contribution in [3.63, 3.8) is 0 Å². The lowest BCUT2D eigenvalue weighted by molar-refractivity contribution is 0.660. The normalized spacial score (nSPS) is 13.9. The molecule has 0 atom stereocenters. The molecular weight excluding hydrogens is 841 g/mol. The Morgan fingerprint density at radius 3 is 0.986 bits per heavy atom. The SMILES string of the molecule is CC1(C)c2ccccc2-c2ccc(-c3c4ccccc4c(-c4ccc5c(c4)C(C)(C)c4ccccc4-5)c4cc(-c5ccc(-c6c7ccccc7c(-c7ccccc7)c7ccccc67)cc5)ccc34)cc21. The Morgan fingerprint density at radius 2 is 0.514 bits per heavy atom. The van der Waals surface area contributed by atoms with Gasteiger partial charge in [0.25, 0.3) is 0 Å². The second-order valence-electron chi connectivity index (χ2n) is 20.7. The second-order valence-corrected chi connectivity index (χ2v) is 20.7. The van der Waals surface area contributed by atoms with Crippen molar-refractivity contribution < 1.29 is 0 Å². The molecule has 0 amide bonds. The highest BCUT2D eigenvalue weighted by Gasteiger charge is 2.37. The minimum Gasteiger partial charge on any atom is -0.0622 e. The molecule has 0 heterocycles. The van der Waals surface area contributed by atoms with E-state index in [4.69, 9.17) is 0 Å². The van der Waals surface area contributed by atoms with Crippen molar-refractivity contribution in [1.29, 1.82) is 0 Å². The van der Waals surface area contributed by atoms with Crippen molar-refractivity contribution in [2.75, 3.05) is 0 Å². The highest BCUT2D eigenvalue weighted by atomic mass is 14.4. The Bertz CT molecular complexity index is 4090.